The number of ether oxygens (including phenoxy) is 1. The molecule has 1 amide bonds. The van der Waals surface area contributed by atoms with Gasteiger partial charge in [-0.3, -0.25) is 4.79 Å². The first-order chi connectivity index (χ1) is 7.60. The Bertz CT molecular complexity index is 382. The molecule has 0 atom stereocenters. The molecule has 1 N–H and O–H groups in total. The van der Waals surface area contributed by atoms with Crippen molar-refractivity contribution in [2.45, 2.75) is 25.0 Å². The highest BCUT2D eigenvalue weighted by atomic mass is 79.9. The van der Waals surface area contributed by atoms with Gasteiger partial charge in [0.15, 0.2) is 0 Å². The molecule has 1 aliphatic rings. The summed E-state index contributed by atoms with van der Waals surface area (Å²) in [5, 5.41) is 2.99. The zero-order chi connectivity index (χ0) is 11.7. The van der Waals surface area contributed by atoms with E-state index < -0.39 is 0 Å². The number of rotatable bonds is 3. The van der Waals surface area contributed by atoms with Crippen molar-refractivity contribution in [3.8, 4) is 0 Å². The molecule has 0 unspecified atom stereocenters. The van der Waals surface area contributed by atoms with Crippen molar-refractivity contribution in [1.82, 2.24) is 5.32 Å². The number of amides is 1. The zero-order valence-corrected chi connectivity index (χ0v) is 12.6. The van der Waals surface area contributed by atoms with Crippen LogP contribution in [0.25, 0.3) is 0 Å². The summed E-state index contributed by atoms with van der Waals surface area (Å²) in [7, 11) is 1.70. The molecule has 3 nitrogen and oxygen atoms in total. The molecule has 1 heterocycles. The van der Waals surface area contributed by atoms with Crippen molar-refractivity contribution in [2.24, 2.45) is 0 Å². The maximum Gasteiger partial charge on any atom is 0.261 e. The summed E-state index contributed by atoms with van der Waals surface area (Å²) in [5.74, 6) is -0.00375. The third kappa shape index (κ3) is 2.67. The molecular weight excluding hydrogens is 358 g/mol. The topological polar surface area (TPSA) is 38.3 Å². The lowest BCUT2D eigenvalue weighted by atomic mass is 9.89. The molecule has 1 saturated carbocycles. The SMILES string of the molecule is COC1CC(NC(=O)c2cc(Br)c(Br)s2)C1. The van der Waals surface area contributed by atoms with Crippen LogP contribution in [0.15, 0.2) is 14.3 Å². The molecule has 0 bridgehead atoms. The summed E-state index contributed by atoms with van der Waals surface area (Å²) >= 11 is 8.17. The van der Waals surface area contributed by atoms with Gasteiger partial charge in [-0.25, -0.2) is 0 Å². The number of carbonyl (C=O) groups is 1. The van der Waals surface area contributed by atoms with Gasteiger partial charge in [-0.2, -0.15) is 0 Å². The lowest BCUT2D eigenvalue weighted by Gasteiger charge is -2.34. The minimum absolute atomic E-state index is 0.00375. The van der Waals surface area contributed by atoms with Crippen LogP contribution in [0.5, 0.6) is 0 Å². The van der Waals surface area contributed by atoms with Crippen LogP contribution < -0.4 is 5.32 Å². The van der Waals surface area contributed by atoms with Gasteiger partial charge in [0.1, 0.15) is 0 Å². The first-order valence-electron chi connectivity index (χ1n) is 4.88. The molecule has 1 fully saturated rings. The molecule has 16 heavy (non-hydrogen) atoms. The van der Waals surface area contributed by atoms with Crippen LogP contribution in [0.1, 0.15) is 22.5 Å². The minimum atomic E-state index is -0.00375. The Balaban J connectivity index is 1.89. The Morgan fingerprint density at radius 1 is 1.56 bits per heavy atom. The Hall–Kier alpha value is 0.0900. The Kier molecular flexibility index (Phi) is 4.05. The molecule has 0 aliphatic heterocycles. The molecule has 1 aromatic heterocycles. The monoisotopic (exact) mass is 367 g/mol. The molecule has 0 spiro atoms. The highest BCUT2D eigenvalue weighted by Gasteiger charge is 2.30. The Labute approximate surface area is 115 Å². The number of hydrogen-bond donors (Lipinski definition) is 1. The van der Waals surface area contributed by atoms with E-state index in [0.717, 1.165) is 26.0 Å². The van der Waals surface area contributed by atoms with E-state index in [-0.39, 0.29) is 11.9 Å². The molecule has 88 valence electrons. The largest absolute Gasteiger partial charge is 0.381 e. The van der Waals surface area contributed by atoms with Gasteiger partial charge in [0, 0.05) is 17.6 Å². The molecule has 0 aromatic carbocycles. The Morgan fingerprint density at radius 3 is 2.75 bits per heavy atom. The molecule has 0 saturated heterocycles. The van der Waals surface area contributed by atoms with Crippen LogP contribution in [0, 0.1) is 0 Å². The van der Waals surface area contributed by atoms with Crippen molar-refractivity contribution < 1.29 is 9.53 Å². The summed E-state index contributed by atoms with van der Waals surface area (Å²) in [6, 6.07) is 2.09. The van der Waals surface area contributed by atoms with Gasteiger partial charge in [0.05, 0.1) is 14.8 Å². The quantitative estimate of drug-likeness (QED) is 0.889. The lowest BCUT2D eigenvalue weighted by molar-refractivity contribution is 0.0177. The van der Waals surface area contributed by atoms with Crippen molar-refractivity contribution in [3.05, 3.63) is 19.2 Å². The second kappa shape index (κ2) is 5.16. The van der Waals surface area contributed by atoms with Crippen LogP contribution in [-0.4, -0.2) is 25.2 Å². The van der Waals surface area contributed by atoms with E-state index in [2.05, 4.69) is 37.2 Å². The van der Waals surface area contributed by atoms with Gasteiger partial charge in [0.25, 0.3) is 5.91 Å². The normalized spacial score (nSPS) is 23.9. The maximum atomic E-state index is 11.8. The number of halogens is 2. The lowest BCUT2D eigenvalue weighted by Crippen LogP contribution is -2.47. The second-order valence-corrected chi connectivity index (χ2v) is 6.96. The standard InChI is InChI=1S/C10H11Br2NO2S/c1-15-6-2-5(3-6)13-10(14)8-4-7(11)9(12)16-8/h4-6H,2-3H2,1H3,(H,13,14). The fraction of sp³-hybridized carbons (Fsp3) is 0.500. The predicted octanol–water partition coefficient (Wildman–Crippen LogP) is 3.18. The molecule has 0 radical (unpaired) electrons. The number of carbonyl (C=O) groups excluding carboxylic acids is 1. The van der Waals surface area contributed by atoms with Gasteiger partial charge >= 0.3 is 0 Å². The van der Waals surface area contributed by atoms with Crippen LogP contribution in [-0.2, 0) is 4.74 Å². The van der Waals surface area contributed by atoms with Gasteiger partial charge in [-0.05, 0) is 50.8 Å². The van der Waals surface area contributed by atoms with E-state index in [1.165, 1.54) is 11.3 Å². The summed E-state index contributed by atoms with van der Waals surface area (Å²) in [6.45, 7) is 0. The van der Waals surface area contributed by atoms with E-state index in [1.54, 1.807) is 7.11 Å². The van der Waals surface area contributed by atoms with Crippen molar-refractivity contribution in [1.29, 1.82) is 0 Å². The summed E-state index contributed by atoms with van der Waals surface area (Å²) in [6.07, 6.45) is 2.14. The van der Waals surface area contributed by atoms with E-state index in [1.807, 2.05) is 6.07 Å². The van der Waals surface area contributed by atoms with E-state index in [9.17, 15) is 4.79 Å². The maximum absolute atomic E-state index is 11.8. The average Bonchev–Trinajstić information content (AvgIpc) is 2.52. The van der Waals surface area contributed by atoms with E-state index in [0.29, 0.717) is 6.10 Å². The number of hydrogen-bond acceptors (Lipinski definition) is 3. The van der Waals surface area contributed by atoms with E-state index >= 15 is 0 Å². The summed E-state index contributed by atoms with van der Waals surface area (Å²) in [4.78, 5) is 12.5. The molecule has 1 aliphatic carbocycles. The first kappa shape index (κ1) is 12.5. The van der Waals surface area contributed by atoms with Crippen molar-refractivity contribution in [2.75, 3.05) is 7.11 Å². The molecule has 1 aromatic rings. The zero-order valence-electron chi connectivity index (χ0n) is 8.63. The molecule has 6 heteroatoms. The fourth-order valence-corrected chi connectivity index (χ4v) is 3.53. The number of methoxy groups -OCH3 is 1. The molecule has 2 rings (SSSR count). The molecular formula is C10H11Br2NO2S. The minimum Gasteiger partial charge on any atom is -0.381 e. The van der Waals surface area contributed by atoms with Crippen LogP contribution in [0.3, 0.4) is 0 Å². The smallest absolute Gasteiger partial charge is 0.261 e. The number of nitrogens with one attached hydrogen (secondary N) is 1. The van der Waals surface area contributed by atoms with Crippen molar-refractivity contribution >= 4 is 49.1 Å². The van der Waals surface area contributed by atoms with Gasteiger partial charge < -0.3 is 10.1 Å². The van der Waals surface area contributed by atoms with Crippen molar-refractivity contribution in [3.63, 3.8) is 0 Å². The summed E-state index contributed by atoms with van der Waals surface area (Å²) < 4.78 is 7.03. The Morgan fingerprint density at radius 2 is 2.25 bits per heavy atom. The fourth-order valence-electron chi connectivity index (χ4n) is 1.59. The number of thiophene rings is 1. The van der Waals surface area contributed by atoms with Gasteiger partial charge in [0.2, 0.25) is 0 Å². The predicted molar refractivity (Wildman–Crippen MR) is 71.0 cm³/mol. The third-order valence-electron chi connectivity index (χ3n) is 2.63. The van der Waals surface area contributed by atoms with Crippen LogP contribution in [0.4, 0.5) is 0 Å². The third-order valence-corrected chi connectivity index (χ3v) is 5.89. The average molecular weight is 369 g/mol. The summed E-state index contributed by atoms with van der Waals surface area (Å²) in [5.41, 5.74) is 0. The van der Waals surface area contributed by atoms with Gasteiger partial charge in [-0.15, -0.1) is 11.3 Å². The van der Waals surface area contributed by atoms with E-state index in [4.69, 9.17) is 4.74 Å². The highest BCUT2D eigenvalue weighted by molar-refractivity contribution is 9.13. The second-order valence-electron chi connectivity index (χ2n) is 3.73. The first-order valence-corrected chi connectivity index (χ1v) is 7.29. The van der Waals surface area contributed by atoms with Gasteiger partial charge in [-0.1, -0.05) is 0 Å². The van der Waals surface area contributed by atoms with Crippen LogP contribution in [0.2, 0.25) is 0 Å². The van der Waals surface area contributed by atoms with Crippen LogP contribution >= 0.6 is 43.2 Å². The highest BCUT2D eigenvalue weighted by Crippen LogP contribution is 2.32.